The van der Waals surface area contributed by atoms with E-state index < -0.39 is 0 Å². The van der Waals surface area contributed by atoms with Crippen LogP contribution in [0.4, 0.5) is 0 Å². The fourth-order valence-corrected chi connectivity index (χ4v) is 2.85. The zero-order chi connectivity index (χ0) is 16.1. The first kappa shape index (κ1) is 15.9. The Kier molecular flexibility index (Phi) is 5.23. The minimum absolute atomic E-state index is 0.00189. The molecule has 5 nitrogen and oxygen atoms in total. The fraction of sp³-hybridized carbons (Fsp3) is 0.294. The Labute approximate surface area is 140 Å². The van der Waals surface area contributed by atoms with Crippen LogP contribution in [-0.2, 0) is 11.2 Å². The number of carbonyl (C=O) groups is 1. The molecule has 2 unspecified atom stereocenters. The summed E-state index contributed by atoms with van der Waals surface area (Å²) in [6.07, 6.45) is 3.18. The third-order valence-corrected chi connectivity index (χ3v) is 4.11. The topological polar surface area (TPSA) is 66.0 Å². The van der Waals surface area contributed by atoms with Crippen LogP contribution in [0.25, 0.3) is 0 Å². The van der Waals surface area contributed by atoms with Gasteiger partial charge in [-0.15, -0.1) is 0 Å². The molecule has 0 bridgehead atoms. The standard InChI is InChI=1S/C17H19ClN4O/c18-13-5-3-4-12(10-13)15-11-16(22-21-15)17(23)20-9-7-14-6-1-2-8-19-14/h1-6,8,10,15-16,21-22H,7,9,11H2,(H,20,23). The molecule has 1 aromatic carbocycles. The van der Waals surface area contributed by atoms with Gasteiger partial charge in [0.15, 0.2) is 0 Å². The van der Waals surface area contributed by atoms with E-state index in [9.17, 15) is 4.79 Å². The van der Waals surface area contributed by atoms with Gasteiger partial charge in [0.2, 0.25) is 5.91 Å². The van der Waals surface area contributed by atoms with Gasteiger partial charge in [0, 0.05) is 35.9 Å². The number of amides is 1. The van der Waals surface area contributed by atoms with Crippen molar-refractivity contribution < 1.29 is 4.79 Å². The van der Waals surface area contributed by atoms with Crippen LogP contribution in [0.2, 0.25) is 5.02 Å². The molecule has 0 radical (unpaired) electrons. The minimum Gasteiger partial charge on any atom is -0.354 e. The lowest BCUT2D eigenvalue weighted by Crippen LogP contribution is -2.43. The van der Waals surface area contributed by atoms with E-state index in [0.717, 1.165) is 17.7 Å². The molecule has 0 saturated carbocycles. The monoisotopic (exact) mass is 330 g/mol. The van der Waals surface area contributed by atoms with E-state index >= 15 is 0 Å². The number of hydrogen-bond acceptors (Lipinski definition) is 4. The van der Waals surface area contributed by atoms with Crippen molar-refractivity contribution in [3.63, 3.8) is 0 Å². The Morgan fingerprint density at radius 2 is 2.17 bits per heavy atom. The third kappa shape index (κ3) is 4.28. The fourth-order valence-electron chi connectivity index (χ4n) is 2.65. The molecule has 1 amide bonds. The predicted molar refractivity (Wildman–Crippen MR) is 89.8 cm³/mol. The summed E-state index contributed by atoms with van der Waals surface area (Å²) in [5, 5.41) is 3.65. The van der Waals surface area contributed by atoms with Crippen molar-refractivity contribution in [2.24, 2.45) is 0 Å². The molecule has 1 aliphatic rings. The van der Waals surface area contributed by atoms with E-state index in [1.807, 2.05) is 42.5 Å². The molecule has 3 N–H and O–H groups in total. The van der Waals surface area contributed by atoms with Gasteiger partial charge >= 0.3 is 0 Å². The van der Waals surface area contributed by atoms with Crippen LogP contribution in [0, 0.1) is 0 Å². The zero-order valence-electron chi connectivity index (χ0n) is 12.6. The van der Waals surface area contributed by atoms with Crippen LogP contribution in [0.5, 0.6) is 0 Å². The lowest BCUT2D eigenvalue weighted by Gasteiger charge is -2.11. The number of pyridine rings is 1. The molecule has 1 aliphatic heterocycles. The highest BCUT2D eigenvalue weighted by molar-refractivity contribution is 6.30. The maximum Gasteiger partial charge on any atom is 0.238 e. The molecule has 6 heteroatoms. The molecule has 120 valence electrons. The number of hydrazine groups is 1. The van der Waals surface area contributed by atoms with Crippen LogP contribution in [0.3, 0.4) is 0 Å². The van der Waals surface area contributed by atoms with Crippen LogP contribution in [0.15, 0.2) is 48.7 Å². The molecule has 2 aromatic rings. The molecule has 0 spiro atoms. The number of hydrogen-bond donors (Lipinski definition) is 3. The number of aromatic nitrogens is 1. The molecule has 1 saturated heterocycles. The Bertz CT molecular complexity index is 665. The average molecular weight is 331 g/mol. The van der Waals surface area contributed by atoms with Gasteiger partial charge in [-0.1, -0.05) is 29.8 Å². The van der Waals surface area contributed by atoms with E-state index in [1.165, 1.54) is 0 Å². The van der Waals surface area contributed by atoms with Crippen molar-refractivity contribution in [3.05, 3.63) is 64.9 Å². The van der Waals surface area contributed by atoms with Gasteiger partial charge in [-0.05, 0) is 36.2 Å². The van der Waals surface area contributed by atoms with E-state index in [4.69, 9.17) is 11.6 Å². The van der Waals surface area contributed by atoms with Gasteiger partial charge in [0.1, 0.15) is 6.04 Å². The first-order valence-corrected chi connectivity index (χ1v) is 8.04. The molecule has 1 aromatic heterocycles. The summed E-state index contributed by atoms with van der Waals surface area (Å²) in [4.78, 5) is 16.5. The summed E-state index contributed by atoms with van der Waals surface area (Å²) in [5.74, 6) is -0.00189. The lowest BCUT2D eigenvalue weighted by atomic mass is 10.0. The maximum absolute atomic E-state index is 12.2. The Hall–Kier alpha value is -1.95. The number of halogens is 1. The summed E-state index contributed by atoms with van der Waals surface area (Å²) in [5.41, 5.74) is 8.26. The van der Waals surface area contributed by atoms with Crippen molar-refractivity contribution in [1.29, 1.82) is 0 Å². The van der Waals surface area contributed by atoms with E-state index in [2.05, 4.69) is 21.2 Å². The second-order valence-electron chi connectivity index (χ2n) is 5.55. The van der Waals surface area contributed by atoms with Gasteiger partial charge < -0.3 is 5.32 Å². The lowest BCUT2D eigenvalue weighted by molar-refractivity contribution is -0.122. The van der Waals surface area contributed by atoms with Gasteiger partial charge in [0.25, 0.3) is 0 Å². The van der Waals surface area contributed by atoms with Crippen molar-refractivity contribution in [2.45, 2.75) is 24.9 Å². The SMILES string of the molecule is O=C(NCCc1ccccn1)C1CC(c2cccc(Cl)c2)NN1. The molecular weight excluding hydrogens is 312 g/mol. The van der Waals surface area contributed by atoms with E-state index in [0.29, 0.717) is 18.0 Å². The maximum atomic E-state index is 12.2. The van der Waals surface area contributed by atoms with Crippen molar-refractivity contribution in [1.82, 2.24) is 21.2 Å². The van der Waals surface area contributed by atoms with Crippen LogP contribution >= 0.6 is 11.6 Å². The Balaban J connectivity index is 1.48. The molecule has 2 atom stereocenters. The minimum atomic E-state index is -0.247. The van der Waals surface area contributed by atoms with Crippen LogP contribution < -0.4 is 16.2 Å². The second kappa shape index (κ2) is 7.55. The highest BCUT2D eigenvalue weighted by atomic mass is 35.5. The van der Waals surface area contributed by atoms with Crippen LogP contribution in [0.1, 0.15) is 23.7 Å². The summed E-state index contributed by atoms with van der Waals surface area (Å²) in [6.45, 7) is 0.579. The first-order chi connectivity index (χ1) is 11.2. The van der Waals surface area contributed by atoms with Crippen molar-refractivity contribution in [3.8, 4) is 0 Å². The highest BCUT2D eigenvalue weighted by Gasteiger charge is 2.29. The normalized spacial score (nSPS) is 20.4. The zero-order valence-corrected chi connectivity index (χ0v) is 13.4. The average Bonchev–Trinajstić information content (AvgIpc) is 3.06. The summed E-state index contributed by atoms with van der Waals surface area (Å²) in [7, 11) is 0. The quantitative estimate of drug-likeness (QED) is 0.784. The highest BCUT2D eigenvalue weighted by Crippen LogP contribution is 2.24. The number of benzene rings is 1. The smallest absolute Gasteiger partial charge is 0.238 e. The molecular formula is C17H19ClN4O. The number of carbonyl (C=O) groups excluding carboxylic acids is 1. The van der Waals surface area contributed by atoms with Gasteiger partial charge in [0.05, 0.1) is 0 Å². The number of nitrogens with one attached hydrogen (secondary N) is 3. The summed E-state index contributed by atoms with van der Waals surface area (Å²) in [6, 6.07) is 13.3. The van der Waals surface area contributed by atoms with Gasteiger partial charge in [-0.2, -0.15) is 0 Å². The Morgan fingerprint density at radius 3 is 2.96 bits per heavy atom. The van der Waals surface area contributed by atoms with Gasteiger partial charge in [-0.3, -0.25) is 9.78 Å². The molecule has 0 aliphatic carbocycles. The van der Waals surface area contributed by atoms with Crippen molar-refractivity contribution >= 4 is 17.5 Å². The van der Waals surface area contributed by atoms with Crippen molar-refractivity contribution in [2.75, 3.05) is 6.54 Å². The third-order valence-electron chi connectivity index (χ3n) is 3.88. The van der Waals surface area contributed by atoms with E-state index in [1.54, 1.807) is 6.20 Å². The number of nitrogens with zero attached hydrogens (tertiary/aromatic N) is 1. The molecule has 2 heterocycles. The number of rotatable bonds is 5. The van der Waals surface area contributed by atoms with Crippen LogP contribution in [-0.4, -0.2) is 23.5 Å². The second-order valence-corrected chi connectivity index (χ2v) is 5.98. The molecule has 1 fully saturated rings. The largest absolute Gasteiger partial charge is 0.354 e. The summed E-state index contributed by atoms with van der Waals surface area (Å²) < 4.78 is 0. The Morgan fingerprint density at radius 1 is 1.26 bits per heavy atom. The molecule has 3 rings (SSSR count). The van der Waals surface area contributed by atoms with E-state index in [-0.39, 0.29) is 18.0 Å². The molecule has 23 heavy (non-hydrogen) atoms. The summed E-state index contributed by atoms with van der Waals surface area (Å²) >= 11 is 6.02. The predicted octanol–water partition coefficient (Wildman–Crippen LogP) is 2.00. The first-order valence-electron chi connectivity index (χ1n) is 7.66. The van der Waals surface area contributed by atoms with Gasteiger partial charge in [-0.25, -0.2) is 10.9 Å².